The summed E-state index contributed by atoms with van der Waals surface area (Å²) in [7, 11) is 0. The third-order valence-corrected chi connectivity index (χ3v) is 9.72. The van der Waals surface area contributed by atoms with E-state index in [-0.39, 0.29) is 18.0 Å². The minimum Gasteiger partial charge on any atom is -0.480 e. The van der Waals surface area contributed by atoms with Crippen LogP contribution in [0.4, 0.5) is 0 Å². The van der Waals surface area contributed by atoms with Crippen molar-refractivity contribution in [1.29, 1.82) is 0 Å². The molecule has 0 aromatic rings. The van der Waals surface area contributed by atoms with Gasteiger partial charge < -0.3 is 20.9 Å². The molecule has 51 heavy (non-hydrogen) atoms. The first-order valence-electron chi connectivity index (χ1n) is 21.7. The Kier molecular flexibility index (Phi) is 37.4. The van der Waals surface area contributed by atoms with E-state index in [1.54, 1.807) is 0 Å². The van der Waals surface area contributed by atoms with Gasteiger partial charge in [-0.2, -0.15) is 0 Å². The molecule has 7 heteroatoms. The molecule has 0 saturated heterocycles. The number of ether oxygens (including phenoxy) is 1. The first-order valence-corrected chi connectivity index (χ1v) is 21.7. The number of unbranched alkanes of at least 4 members (excludes halogenated alkanes) is 23. The number of aliphatic carboxylic acids is 1. The number of carboxylic acids is 1. The molecule has 0 rings (SSSR count). The molecular weight excluding hydrogens is 636 g/mol. The Morgan fingerprint density at radius 2 is 1.02 bits per heavy atom. The van der Waals surface area contributed by atoms with Crippen molar-refractivity contribution in [2.45, 2.75) is 231 Å². The predicted molar refractivity (Wildman–Crippen MR) is 216 cm³/mol. The molecule has 0 radical (unpaired) electrons. The van der Waals surface area contributed by atoms with Gasteiger partial charge in [-0.05, 0) is 89.7 Å². The average Bonchev–Trinajstić information content (AvgIpc) is 3.11. The number of nitrogens with two attached hydrogens (primary N) is 1. The summed E-state index contributed by atoms with van der Waals surface area (Å²) < 4.78 is 5.93. The van der Waals surface area contributed by atoms with Crippen molar-refractivity contribution in [3.05, 3.63) is 24.3 Å². The van der Waals surface area contributed by atoms with Gasteiger partial charge in [-0.3, -0.25) is 9.59 Å². The first kappa shape index (κ1) is 48.9. The molecule has 2 unspecified atom stereocenters. The number of carboxylic acid groups (broad SMARTS) is 1. The van der Waals surface area contributed by atoms with Crippen LogP contribution in [-0.4, -0.2) is 41.6 Å². The molecule has 0 heterocycles. The van der Waals surface area contributed by atoms with Crippen LogP contribution in [-0.2, 0) is 19.1 Å². The Morgan fingerprint density at radius 3 is 1.53 bits per heavy atom. The smallest absolute Gasteiger partial charge is 0.326 e. The van der Waals surface area contributed by atoms with Crippen LogP contribution in [0.1, 0.15) is 219 Å². The molecule has 0 aliphatic carbocycles. The van der Waals surface area contributed by atoms with Crippen molar-refractivity contribution in [2.75, 3.05) is 6.54 Å². The van der Waals surface area contributed by atoms with Crippen LogP contribution >= 0.6 is 0 Å². The normalized spacial score (nSPS) is 12.8. The fourth-order valence-electron chi connectivity index (χ4n) is 6.41. The molecule has 1 amide bonds. The monoisotopic (exact) mass is 719 g/mol. The molecule has 0 aromatic carbocycles. The molecule has 2 atom stereocenters. The molecule has 0 fully saturated rings. The van der Waals surface area contributed by atoms with Crippen LogP contribution in [0.5, 0.6) is 0 Å². The van der Waals surface area contributed by atoms with Gasteiger partial charge in [0.15, 0.2) is 0 Å². The molecule has 0 aromatic heterocycles. The molecule has 0 aliphatic heterocycles. The molecule has 0 saturated carbocycles. The Labute approximate surface area is 314 Å². The minimum absolute atomic E-state index is 0.0902. The number of carbonyl (C=O) groups is 3. The van der Waals surface area contributed by atoms with Gasteiger partial charge in [-0.15, -0.1) is 0 Å². The van der Waals surface area contributed by atoms with Crippen LogP contribution in [0.25, 0.3) is 0 Å². The largest absolute Gasteiger partial charge is 0.480 e. The topological polar surface area (TPSA) is 119 Å². The molecule has 0 bridgehead atoms. The summed E-state index contributed by atoms with van der Waals surface area (Å²) in [5.41, 5.74) is 5.48. The van der Waals surface area contributed by atoms with E-state index in [0.29, 0.717) is 38.6 Å². The fraction of sp³-hybridized carbons (Fsp3) is 0.841. The van der Waals surface area contributed by atoms with E-state index in [1.165, 1.54) is 128 Å². The lowest BCUT2D eigenvalue weighted by atomic mass is 10.1. The highest BCUT2D eigenvalue weighted by Gasteiger charge is 2.19. The van der Waals surface area contributed by atoms with Gasteiger partial charge in [0.25, 0.3) is 0 Å². The lowest BCUT2D eigenvalue weighted by Gasteiger charge is -2.15. The Morgan fingerprint density at radius 1 is 0.569 bits per heavy atom. The van der Waals surface area contributed by atoms with Gasteiger partial charge in [-0.1, -0.05) is 148 Å². The highest BCUT2D eigenvalue weighted by molar-refractivity contribution is 5.83. The van der Waals surface area contributed by atoms with E-state index in [4.69, 9.17) is 10.5 Å². The summed E-state index contributed by atoms with van der Waals surface area (Å²) in [4.78, 5) is 36.3. The second-order valence-electron chi connectivity index (χ2n) is 14.7. The highest BCUT2D eigenvalue weighted by Crippen LogP contribution is 2.16. The quantitative estimate of drug-likeness (QED) is 0.0331. The Balaban J connectivity index is 4.27. The lowest BCUT2D eigenvalue weighted by molar-refractivity contribution is -0.147. The lowest BCUT2D eigenvalue weighted by Crippen LogP contribution is -2.40. The number of rotatable bonds is 39. The first-order chi connectivity index (χ1) is 24.9. The number of nitrogens with one attached hydrogen (secondary N) is 1. The van der Waals surface area contributed by atoms with Crippen LogP contribution in [0.2, 0.25) is 0 Å². The second-order valence-corrected chi connectivity index (χ2v) is 14.7. The van der Waals surface area contributed by atoms with E-state index >= 15 is 0 Å². The maximum atomic E-state index is 12.7. The minimum atomic E-state index is -1.01. The van der Waals surface area contributed by atoms with Gasteiger partial charge in [-0.25, -0.2) is 4.79 Å². The van der Waals surface area contributed by atoms with Gasteiger partial charge >= 0.3 is 11.9 Å². The number of hydrogen-bond acceptors (Lipinski definition) is 5. The zero-order chi connectivity index (χ0) is 37.5. The van der Waals surface area contributed by atoms with Gasteiger partial charge in [0.2, 0.25) is 5.91 Å². The van der Waals surface area contributed by atoms with E-state index in [9.17, 15) is 19.5 Å². The van der Waals surface area contributed by atoms with Crippen molar-refractivity contribution >= 4 is 17.8 Å². The highest BCUT2D eigenvalue weighted by atomic mass is 16.5. The number of esters is 1. The standard InChI is InChI=1S/C44H82N2O5/c1-3-5-7-9-11-13-14-15-16-17-18-19-20-22-24-26-32-38-43(48)51-40(34-29-25-23-21-12-10-8-6-4-2)35-30-27-28-31-37-42(47)46-41(44(49)50)36-33-39-45/h15-16,29,34,40-41H,3-14,17-28,30-33,35-39,45H2,1-2H3,(H,46,47)(H,49,50)/b16-15-,34-29-. The van der Waals surface area contributed by atoms with E-state index in [0.717, 1.165) is 44.9 Å². The zero-order valence-electron chi connectivity index (χ0n) is 33.5. The van der Waals surface area contributed by atoms with Crippen molar-refractivity contribution in [2.24, 2.45) is 5.73 Å². The van der Waals surface area contributed by atoms with Gasteiger partial charge in [0.05, 0.1) is 0 Å². The Hall–Kier alpha value is -2.15. The second kappa shape index (κ2) is 39.1. The van der Waals surface area contributed by atoms with Crippen molar-refractivity contribution in [3.63, 3.8) is 0 Å². The summed E-state index contributed by atoms with van der Waals surface area (Å²) in [5, 5.41) is 11.9. The van der Waals surface area contributed by atoms with Crippen molar-refractivity contribution in [1.82, 2.24) is 5.32 Å². The number of allylic oxidation sites excluding steroid dienone is 3. The SMILES string of the molecule is CCCCCCCC/C=C\CCCCCCCCCC(=O)OC(/C=C\CCCCCCCCC)CCCCCCC(=O)NC(CCCN)C(=O)O. The summed E-state index contributed by atoms with van der Waals surface area (Å²) in [5.74, 6) is -1.32. The van der Waals surface area contributed by atoms with E-state index < -0.39 is 12.0 Å². The van der Waals surface area contributed by atoms with Crippen LogP contribution < -0.4 is 11.1 Å². The number of carbonyl (C=O) groups excluding carboxylic acids is 2. The summed E-state index contributed by atoms with van der Waals surface area (Å²) in [6.07, 6.45) is 43.8. The van der Waals surface area contributed by atoms with Crippen molar-refractivity contribution in [3.8, 4) is 0 Å². The molecule has 7 nitrogen and oxygen atoms in total. The fourth-order valence-corrected chi connectivity index (χ4v) is 6.41. The molecule has 4 N–H and O–H groups in total. The van der Waals surface area contributed by atoms with Gasteiger partial charge in [0, 0.05) is 12.8 Å². The number of amides is 1. The van der Waals surface area contributed by atoms with E-state index in [2.05, 4.69) is 43.5 Å². The molecule has 0 aliphatic rings. The van der Waals surface area contributed by atoms with Crippen LogP contribution in [0.15, 0.2) is 24.3 Å². The maximum Gasteiger partial charge on any atom is 0.326 e. The third kappa shape index (κ3) is 36.0. The zero-order valence-corrected chi connectivity index (χ0v) is 33.5. The van der Waals surface area contributed by atoms with Crippen LogP contribution in [0, 0.1) is 0 Å². The third-order valence-electron chi connectivity index (χ3n) is 9.72. The summed E-state index contributed by atoms with van der Waals surface area (Å²) >= 11 is 0. The summed E-state index contributed by atoms with van der Waals surface area (Å²) in [6.45, 7) is 4.92. The maximum absolute atomic E-state index is 12.7. The number of hydrogen-bond donors (Lipinski definition) is 3. The predicted octanol–water partition coefficient (Wildman–Crippen LogP) is 12.1. The molecule has 298 valence electrons. The van der Waals surface area contributed by atoms with Crippen molar-refractivity contribution < 1.29 is 24.2 Å². The molecule has 0 spiro atoms. The van der Waals surface area contributed by atoms with Gasteiger partial charge in [0.1, 0.15) is 12.1 Å². The average molecular weight is 719 g/mol. The Bertz CT molecular complexity index is 858. The van der Waals surface area contributed by atoms with E-state index in [1.807, 2.05) is 0 Å². The van der Waals surface area contributed by atoms with Crippen LogP contribution in [0.3, 0.4) is 0 Å². The molecular formula is C44H82N2O5. The summed E-state index contributed by atoms with van der Waals surface area (Å²) in [6, 6.07) is -0.869.